The lowest BCUT2D eigenvalue weighted by atomic mass is 9.79. The Morgan fingerprint density at radius 3 is 1.89 bits per heavy atom. The van der Waals surface area contributed by atoms with Gasteiger partial charge in [0.15, 0.2) is 0 Å². The standard InChI is InChI=1S/C23H29F3O2/c1-16-2-4-17(5-3-16)6-7-18-8-10-19(11-9-18)22(27)28-21-14-12-20(13-15-21)23(24,25)26/h6-7,12-19H,2-5,8-11H2,1H3/b7-6+. The molecule has 2 nitrogen and oxygen atoms in total. The topological polar surface area (TPSA) is 26.3 Å². The lowest BCUT2D eigenvalue weighted by molar-refractivity contribution is -0.140. The fraction of sp³-hybridized carbons (Fsp3) is 0.609. The van der Waals surface area contributed by atoms with Gasteiger partial charge in [-0.15, -0.1) is 0 Å². The zero-order valence-electron chi connectivity index (χ0n) is 16.4. The van der Waals surface area contributed by atoms with E-state index in [1.807, 2.05) is 0 Å². The Hall–Kier alpha value is -1.78. The molecule has 28 heavy (non-hydrogen) atoms. The van der Waals surface area contributed by atoms with E-state index >= 15 is 0 Å². The zero-order chi connectivity index (χ0) is 20.1. The van der Waals surface area contributed by atoms with Crippen molar-refractivity contribution >= 4 is 5.97 Å². The van der Waals surface area contributed by atoms with Gasteiger partial charge in [0.1, 0.15) is 5.75 Å². The maximum absolute atomic E-state index is 12.6. The summed E-state index contributed by atoms with van der Waals surface area (Å²) in [5.41, 5.74) is -0.744. The van der Waals surface area contributed by atoms with Gasteiger partial charge in [-0.05, 0) is 80.5 Å². The van der Waals surface area contributed by atoms with Crippen LogP contribution in [0.25, 0.3) is 0 Å². The van der Waals surface area contributed by atoms with Crippen LogP contribution < -0.4 is 4.74 Å². The first-order chi connectivity index (χ1) is 13.3. The van der Waals surface area contributed by atoms with Crippen molar-refractivity contribution in [2.24, 2.45) is 23.7 Å². The van der Waals surface area contributed by atoms with Gasteiger partial charge in [0.25, 0.3) is 0 Å². The molecular formula is C23H29F3O2. The molecule has 0 N–H and O–H groups in total. The van der Waals surface area contributed by atoms with Crippen LogP contribution in [0, 0.1) is 23.7 Å². The third-order valence-electron chi connectivity index (χ3n) is 6.22. The number of esters is 1. The molecule has 3 rings (SSSR count). The van der Waals surface area contributed by atoms with Gasteiger partial charge < -0.3 is 4.74 Å². The minimum absolute atomic E-state index is 0.164. The smallest absolute Gasteiger partial charge is 0.416 e. The van der Waals surface area contributed by atoms with Crippen LogP contribution in [0.3, 0.4) is 0 Å². The first-order valence-corrected chi connectivity index (χ1v) is 10.4. The summed E-state index contributed by atoms with van der Waals surface area (Å²) >= 11 is 0. The Balaban J connectivity index is 1.43. The van der Waals surface area contributed by atoms with Crippen LogP contribution >= 0.6 is 0 Å². The molecule has 0 saturated heterocycles. The third kappa shape index (κ3) is 5.86. The van der Waals surface area contributed by atoms with Gasteiger partial charge in [0.05, 0.1) is 11.5 Å². The van der Waals surface area contributed by atoms with E-state index < -0.39 is 11.7 Å². The van der Waals surface area contributed by atoms with Gasteiger partial charge in [-0.25, -0.2) is 0 Å². The highest BCUT2D eigenvalue weighted by Gasteiger charge is 2.31. The van der Waals surface area contributed by atoms with Crippen LogP contribution in [0.5, 0.6) is 5.75 Å². The van der Waals surface area contributed by atoms with Crippen molar-refractivity contribution < 1.29 is 22.7 Å². The molecule has 2 aliphatic carbocycles. The SMILES string of the molecule is CC1CCC(/C=C/C2CCC(C(=O)Oc3ccc(C(F)(F)F)cc3)CC2)CC1. The van der Waals surface area contributed by atoms with Gasteiger partial charge in [0.2, 0.25) is 0 Å². The minimum Gasteiger partial charge on any atom is -0.426 e. The van der Waals surface area contributed by atoms with E-state index in [0.29, 0.717) is 11.8 Å². The van der Waals surface area contributed by atoms with Crippen molar-refractivity contribution in [3.05, 3.63) is 42.0 Å². The van der Waals surface area contributed by atoms with E-state index in [1.165, 1.54) is 37.8 Å². The minimum atomic E-state index is -4.38. The summed E-state index contributed by atoms with van der Waals surface area (Å²) in [7, 11) is 0. The zero-order valence-corrected chi connectivity index (χ0v) is 16.4. The summed E-state index contributed by atoms with van der Waals surface area (Å²) < 4.78 is 43.1. The van der Waals surface area contributed by atoms with E-state index in [1.54, 1.807) is 0 Å². The highest BCUT2D eigenvalue weighted by molar-refractivity contribution is 5.75. The predicted octanol–water partition coefficient (Wildman–Crippen LogP) is 6.80. The first kappa shape index (κ1) is 20.9. The molecule has 1 aromatic carbocycles. The number of carbonyl (C=O) groups excluding carboxylic acids is 1. The highest BCUT2D eigenvalue weighted by atomic mass is 19.4. The van der Waals surface area contributed by atoms with Crippen molar-refractivity contribution in [1.82, 2.24) is 0 Å². The summed E-state index contributed by atoms with van der Waals surface area (Å²) in [6, 6.07) is 4.30. The van der Waals surface area contributed by atoms with Gasteiger partial charge in [0, 0.05) is 0 Å². The average molecular weight is 394 g/mol. The first-order valence-electron chi connectivity index (χ1n) is 10.4. The second-order valence-corrected chi connectivity index (χ2v) is 8.46. The molecule has 1 aromatic rings. The number of carbonyl (C=O) groups is 1. The number of rotatable bonds is 4. The number of alkyl halides is 3. The van der Waals surface area contributed by atoms with Crippen LogP contribution in [-0.2, 0) is 11.0 Å². The Morgan fingerprint density at radius 2 is 1.39 bits per heavy atom. The molecule has 2 fully saturated rings. The normalized spacial score (nSPS) is 29.0. The van der Waals surface area contributed by atoms with Crippen LogP contribution in [0.4, 0.5) is 13.2 Å². The van der Waals surface area contributed by atoms with Crippen LogP contribution in [0.1, 0.15) is 63.9 Å². The van der Waals surface area contributed by atoms with Crippen LogP contribution in [0.15, 0.2) is 36.4 Å². The highest BCUT2D eigenvalue weighted by Crippen LogP contribution is 2.34. The van der Waals surface area contributed by atoms with Crippen molar-refractivity contribution in [3.8, 4) is 5.75 Å². The quantitative estimate of drug-likeness (QED) is 0.319. The second-order valence-electron chi connectivity index (χ2n) is 8.46. The summed E-state index contributed by atoms with van der Waals surface area (Å²) in [4.78, 5) is 12.3. The van der Waals surface area contributed by atoms with Crippen LogP contribution in [0.2, 0.25) is 0 Å². The Kier molecular flexibility index (Phi) is 6.84. The Labute approximate surface area is 165 Å². The molecule has 2 aliphatic rings. The predicted molar refractivity (Wildman–Crippen MR) is 103 cm³/mol. The summed E-state index contributed by atoms with van der Waals surface area (Å²) in [6.45, 7) is 2.32. The van der Waals surface area contributed by atoms with E-state index in [-0.39, 0.29) is 17.6 Å². The summed E-state index contributed by atoms with van der Waals surface area (Å²) in [5.74, 6) is 1.77. The van der Waals surface area contributed by atoms with E-state index in [9.17, 15) is 18.0 Å². The van der Waals surface area contributed by atoms with Gasteiger partial charge in [-0.1, -0.05) is 31.9 Å². The fourth-order valence-electron chi connectivity index (χ4n) is 4.25. The average Bonchev–Trinajstić information content (AvgIpc) is 2.67. The third-order valence-corrected chi connectivity index (χ3v) is 6.22. The molecule has 0 spiro atoms. The van der Waals surface area contributed by atoms with Crippen molar-refractivity contribution in [3.63, 3.8) is 0 Å². The van der Waals surface area contributed by atoms with Gasteiger partial charge in [-0.3, -0.25) is 4.79 Å². The fourth-order valence-corrected chi connectivity index (χ4v) is 4.25. The maximum Gasteiger partial charge on any atom is 0.416 e. The number of ether oxygens (including phenoxy) is 1. The van der Waals surface area contributed by atoms with E-state index in [2.05, 4.69) is 19.1 Å². The number of halogens is 3. The monoisotopic (exact) mass is 394 g/mol. The molecular weight excluding hydrogens is 365 g/mol. The molecule has 0 amide bonds. The van der Waals surface area contributed by atoms with Crippen LogP contribution in [-0.4, -0.2) is 5.97 Å². The molecule has 0 aliphatic heterocycles. The molecule has 0 heterocycles. The molecule has 0 unspecified atom stereocenters. The Bertz CT molecular complexity index is 662. The Morgan fingerprint density at radius 1 is 0.893 bits per heavy atom. The molecule has 154 valence electrons. The van der Waals surface area contributed by atoms with E-state index in [4.69, 9.17) is 4.74 Å². The molecule has 5 heteroatoms. The van der Waals surface area contributed by atoms with Crippen molar-refractivity contribution in [1.29, 1.82) is 0 Å². The van der Waals surface area contributed by atoms with Gasteiger partial charge >= 0.3 is 12.1 Å². The molecule has 2 saturated carbocycles. The maximum atomic E-state index is 12.6. The number of benzene rings is 1. The summed E-state index contributed by atoms with van der Waals surface area (Å²) in [5, 5.41) is 0. The van der Waals surface area contributed by atoms with Crippen molar-refractivity contribution in [2.75, 3.05) is 0 Å². The molecule has 0 radical (unpaired) electrons. The number of hydrogen-bond donors (Lipinski definition) is 0. The summed E-state index contributed by atoms with van der Waals surface area (Å²) in [6.07, 6.45) is 9.03. The number of allylic oxidation sites excluding steroid dienone is 2. The lowest BCUT2D eigenvalue weighted by Crippen LogP contribution is -2.25. The van der Waals surface area contributed by atoms with Crippen molar-refractivity contribution in [2.45, 2.75) is 64.5 Å². The molecule has 0 atom stereocenters. The molecule has 0 bridgehead atoms. The number of hydrogen-bond acceptors (Lipinski definition) is 2. The molecule has 0 aromatic heterocycles. The second kappa shape index (κ2) is 9.15. The largest absolute Gasteiger partial charge is 0.426 e. The van der Waals surface area contributed by atoms with Gasteiger partial charge in [-0.2, -0.15) is 13.2 Å². The lowest BCUT2D eigenvalue weighted by Gasteiger charge is -2.27. The van der Waals surface area contributed by atoms with E-state index in [0.717, 1.165) is 43.7 Å².